The summed E-state index contributed by atoms with van der Waals surface area (Å²) in [4.78, 5) is 12.6. The predicted molar refractivity (Wildman–Crippen MR) is 147 cm³/mol. The van der Waals surface area contributed by atoms with Crippen molar-refractivity contribution in [2.75, 3.05) is 11.9 Å². The minimum Gasteiger partial charge on any atom is -0.490 e. The van der Waals surface area contributed by atoms with Gasteiger partial charge in [0.25, 0.3) is 5.91 Å². The van der Waals surface area contributed by atoms with E-state index < -0.39 is 17.6 Å². The average Bonchev–Trinajstić information content (AvgIpc) is 2.83. The lowest BCUT2D eigenvalue weighted by molar-refractivity contribution is -0.137. The number of carbonyl (C=O) groups excluding carboxylic acids is 1. The van der Waals surface area contributed by atoms with Crippen LogP contribution in [0.2, 0.25) is 0 Å². The Balaban J connectivity index is 1.84. The summed E-state index contributed by atoms with van der Waals surface area (Å²) in [7, 11) is 0. The van der Waals surface area contributed by atoms with Crippen LogP contribution in [-0.4, -0.2) is 12.5 Å². The van der Waals surface area contributed by atoms with E-state index in [-0.39, 0.29) is 11.3 Å². The van der Waals surface area contributed by atoms with Crippen LogP contribution >= 0.6 is 45.2 Å². The second kappa shape index (κ2) is 12.4. The standard InChI is InChI=1S/C26H19F3I2N2O3/c1-2-35-23-12-17(11-22(31)24(23)36-15-16-6-8-20(30)9-7-16)10-18(14-32)25(34)33-21-5-3-4-19(13-21)26(27,28)29/h3-13H,2,15H2,1H3,(H,33,34)/b18-10-. The van der Waals surface area contributed by atoms with Crippen molar-refractivity contribution in [3.05, 3.63) is 90.1 Å². The van der Waals surface area contributed by atoms with E-state index in [1.165, 1.54) is 18.2 Å². The highest BCUT2D eigenvalue weighted by atomic mass is 127. The SMILES string of the molecule is CCOc1cc(/C=C(/C#N)C(=O)Nc2cccc(C(F)(F)F)c2)cc(I)c1OCc1ccc(I)cc1. The second-order valence-corrected chi connectivity index (χ2v) is 9.79. The van der Waals surface area contributed by atoms with Crippen LogP contribution in [0, 0.1) is 18.5 Å². The fourth-order valence-corrected chi connectivity index (χ4v) is 4.24. The maximum Gasteiger partial charge on any atom is 0.416 e. The first kappa shape index (κ1) is 27.8. The third-order valence-electron chi connectivity index (χ3n) is 4.75. The summed E-state index contributed by atoms with van der Waals surface area (Å²) >= 11 is 4.30. The number of hydrogen-bond acceptors (Lipinski definition) is 4. The Morgan fingerprint density at radius 1 is 1.08 bits per heavy atom. The van der Waals surface area contributed by atoms with Gasteiger partial charge in [0, 0.05) is 9.26 Å². The van der Waals surface area contributed by atoms with Gasteiger partial charge in [-0.15, -0.1) is 0 Å². The number of anilines is 1. The van der Waals surface area contributed by atoms with Crippen LogP contribution in [0.15, 0.2) is 66.2 Å². The number of ether oxygens (including phenoxy) is 2. The first-order valence-corrected chi connectivity index (χ1v) is 12.7. The third kappa shape index (κ3) is 7.60. The van der Waals surface area contributed by atoms with E-state index in [9.17, 15) is 23.2 Å². The van der Waals surface area contributed by atoms with Crippen molar-refractivity contribution in [3.8, 4) is 17.6 Å². The topological polar surface area (TPSA) is 71.3 Å². The number of alkyl halides is 3. The lowest BCUT2D eigenvalue weighted by atomic mass is 10.1. The van der Waals surface area contributed by atoms with Gasteiger partial charge in [-0.2, -0.15) is 18.4 Å². The maximum atomic E-state index is 13.0. The Bertz CT molecular complexity index is 1320. The normalized spacial score (nSPS) is 11.5. The summed E-state index contributed by atoms with van der Waals surface area (Å²) in [6.45, 7) is 2.51. The van der Waals surface area contributed by atoms with Crippen molar-refractivity contribution in [1.82, 2.24) is 0 Å². The van der Waals surface area contributed by atoms with E-state index in [0.29, 0.717) is 33.8 Å². The zero-order chi connectivity index (χ0) is 26.3. The highest BCUT2D eigenvalue weighted by Gasteiger charge is 2.30. The number of nitrogens with one attached hydrogen (secondary N) is 1. The molecule has 186 valence electrons. The predicted octanol–water partition coefficient (Wildman–Crippen LogP) is 7.44. The summed E-state index contributed by atoms with van der Waals surface area (Å²) < 4.78 is 52.4. The summed E-state index contributed by atoms with van der Waals surface area (Å²) in [6, 6.07) is 17.3. The number of rotatable bonds is 8. The number of nitriles is 1. The van der Waals surface area contributed by atoms with E-state index in [0.717, 1.165) is 21.3 Å². The smallest absolute Gasteiger partial charge is 0.416 e. The van der Waals surface area contributed by atoms with Crippen LogP contribution in [0.1, 0.15) is 23.6 Å². The monoisotopic (exact) mass is 718 g/mol. The number of carbonyl (C=O) groups is 1. The highest BCUT2D eigenvalue weighted by Crippen LogP contribution is 2.36. The molecule has 0 atom stereocenters. The number of amides is 1. The summed E-state index contributed by atoms with van der Waals surface area (Å²) in [5.74, 6) is 0.139. The van der Waals surface area contributed by atoms with Crippen molar-refractivity contribution in [2.24, 2.45) is 0 Å². The Labute approximate surface area is 233 Å². The van der Waals surface area contributed by atoms with Gasteiger partial charge in [-0.3, -0.25) is 4.79 Å². The van der Waals surface area contributed by atoms with E-state index in [1.807, 2.05) is 31.2 Å². The average molecular weight is 718 g/mol. The highest BCUT2D eigenvalue weighted by molar-refractivity contribution is 14.1. The maximum absolute atomic E-state index is 13.0. The van der Waals surface area contributed by atoms with E-state index in [4.69, 9.17) is 9.47 Å². The van der Waals surface area contributed by atoms with Crippen LogP contribution in [0.4, 0.5) is 18.9 Å². The van der Waals surface area contributed by atoms with Gasteiger partial charge in [0.05, 0.1) is 15.7 Å². The van der Waals surface area contributed by atoms with Gasteiger partial charge in [0.15, 0.2) is 11.5 Å². The Morgan fingerprint density at radius 3 is 2.44 bits per heavy atom. The molecule has 3 aromatic carbocycles. The zero-order valence-electron chi connectivity index (χ0n) is 18.8. The lowest BCUT2D eigenvalue weighted by Gasteiger charge is -2.15. The van der Waals surface area contributed by atoms with Crippen LogP contribution < -0.4 is 14.8 Å². The molecule has 0 radical (unpaired) electrons. The second-order valence-electron chi connectivity index (χ2n) is 7.38. The van der Waals surface area contributed by atoms with Gasteiger partial charge in [-0.1, -0.05) is 18.2 Å². The van der Waals surface area contributed by atoms with Gasteiger partial charge in [0.2, 0.25) is 0 Å². The molecule has 0 aliphatic carbocycles. The van der Waals surface area contributed by atoms with E-state index in [1.54, 1.807) is 18.2 Å². The minimum atomic E-state index is -4.55. The molecule has 5 nitrogen and oxygen atoms in total. The van der Waals surface area contributed by atoms with Crippen LogP contribution in [-0.2, 0) is 17.6 Å². The molecule has 0 bridgehead atoms. The molecule has 0 saturated heterocycles. The first-order valence-electron chi connectivity index (χ1n) is 10.5. The van der Waals surface area contributed by atoms with Crippen LogP contribution in [0.5, 0.6) is 11.5 Å². The Hall–Kier alpha value is -2.79. The molecule has 36 heavy (non-hydrogen) atoms. The summed E-state index contributed by atoms with van der Waals surface area (Å²) in [6.07, 6.45) is -3.21. The van der Waals surface area contributed by atoms with Gasteiger partial charge in [-0.05, 0) is 112 Å². The molecular formula is C26H19F3I2N2O3. The van der Waals surface area contributed by atoms with Gasteiger partial charge >= 0.3 is 6.18 Å². The molecule has 0 heterocycles. The molecule has 0 unspecified atom stereocenters. The molecule has 3 rings (SSSR count). The molecule has 1 N–H and O–H groups in total. The molecule has 0 aliphatic heterocycles. The summed E-state index contributed by atoms with van der Waals surface area (Å²) in [5, 5.41) is 11.9. The molecule has 0 spiro atoms. The van der Waals surface area contributed by atoms with Crippen molar-refractivity contribution in [3.63, 3.8) is 0 Å². The molecule has 0 fully saturated rings. The van der Waals surface area contributed by atoms with Crippen molar-refractivity contribution < 1.29 is 27.4 Å². The van der Waals surface area contributed by atoms with Crippen molar-refractivity contribution >= 4 is 62.9 Å². The molecular weight excluding hydrogens is 699 g/mol. The molecule has 10 heteroatoms. The van der Waals surface area contributed by atoms with Crippen LogP contribution in [0.25, 0.3) is 6.08 Å². The fourth-order valence-electron chi connectivity index (χ4n) is 3.10. The number of nitrogens with zero attached hydrogens (tertiary/aromatic N) is 1. The van der Waals surface area contributed by atoms with Crippen LogP contribution in [0.3, 0.4) is 0 Å². The minimum absolute atomic E-state index is 0.0695. The Morgan fingerprint density at radius 2 is 1.81 bits per heavy atom. The summed E-state index contributed by atoms with van der Waals surface area (Å²) in [5.41, 5.74) is 0.230. The molecule has 0 aliphatic rings. The fraction of sp³-hybridized carbons (Fsp3) is 0.154. The number of benzene rings is 3. The number of hydrogen-bond donors (Lipinski definition) is 1. The van der Waals surface area contributed by atoms with Gasteiger partial charge in [-0.25, -0.2) is 0 Å². The number of halogens is 5. The third-order valence-corrected chi connectivity index (χ3v) is 6.27. The zero-order valence-corrected chi connectivity index (χ0v) is 23.1. The largest absolute Gasteiger partial charge is 0.490 e. The molecule has 1 amide bonds. The van der Waals surface area contributed by atoms with Crippen molar-refractivity contribution in [1.29, 1.82) is 5.26 Å². The van der Waals surface area contributed by atoms with E-state index >= 15 is 0 Å². The van der Waals surface area contributed by atoms with E-state index in [2.05, 4.69) is 50.5 Å². The molecule has 0 aromatic heterocycles. The van der Waals surface area contributed by atoms with Crippen molar-refractivity contribution in [2.45, 2.75) is 19.7 Å². The first-order chi connectivity index (χ1) is 17.1. The lowest BCUT2D eigenvalue weighted by Crippen LogP contribution is -2.14. The molecule has 3 aromatic rings. The van der Waals surface area contributed by atoms with Gasteiger partial charge in [0.1, 0.15) is 18.2 Å². The quantitative estimate of drug-likeness (QED) is 0.150. The Kier molecular flexibility index (Phi) is 9.61. The van der Waals surface area contributed by atoms with Gasteiger partial charge < -0.3 is 14.8 Å². The molecule has 0 saturated carbocycles.